The SMILES string of the molecule is CC1CC2CN(C)CC(C1)C2CN. The van der Waals surface area contributed by atoms with E-state index in [0.29, 0.717) is 0 Å². The van der Waals surface area contributed by atoms with Crippen LogP contribution in [0.15, 0.2) is 0 Å². The lowest BCUT2D eigenvalue weighted by molar-refractivity contribution is 0.0190. The summed E-state index contributed by atoms with van der Waals surface area (Å²) >= 11 is 0. The molecule has 0 radical (unpaired) electrons. The summed E-state index contributed by atoms with van der Waals surface area (Å²) in [6.45, 7) is 5.87. The fraction of sp³-hybridized carbons (Fsp3) is 1.00. The lowest BCUT2D eigenvalue weighted by Gasteiger charge is -2.48. The quantitative estimate of drug-likeness (QED) is 0.659. The number of rotatable bonds is 1. The molecule has 2 heteroatoms. The molecular weight excluding hydrogens is 160 g/mol. The van der Waals surface area contributed by atoms with Gasteiger partial charge in [0.05, 0.1) is 0 Å². The van der Waals surface area contributed by atoms with Gasteiger partial charge in [-0.25, -0.2) is 0 Å². The average molecular weight is 182 g/mol. The van der Waals surface area contributed by atoms with Gasteiger partial charge in [0.1, 0.15) is 0 Å². The lowest BCUT2D eigenvalue weighted by atomic mass is 9.66. The third kappa shape index (κ3) is 1.75. The van der Waals surface area contributed by atoms with E-state index in [1.807, 2.05) is 0 Å². The number of fused-ring (bicyclic) bond motifs is 2. The average Bonchev–Trinajstić information content (AvgIpc) is 2.01. The zero-order valence-corrected chi connectivity index (χ0v) is 8.87. The van der Waals surface area contributed by atoms with Gasteiger partial charge in [-0.15, -0.1) is 0 Å². The molecule has 2 nitrogen and oxygen atoms in total. The summed E-state index contributed by atoms with van der Waals surface area (Å²) in [6, 6.07) is 0. The molecule has 76 valence electrons. The molecule has 2 aliphatic rings. The third-order valence-electron chi connectivity index (χ3n) is 3.99. The Morgan fingerprint density at radius 2 is 1.77 bits per heavy atom. The molecule has 13 heavy (non-hydrogen) atoms. The van der Waals surface area contributed by atoms with Crippen molar-refractivity contribution in [3.63, 3.8) is 0 Å². The number of nitrogens with two attached hydrogens (primary N) is 1. The normalized spacial score (nSPS) is 46.4. The first kappa shape index (κ1) is 9.47. The second kappa shape index (κ2) is 3.58. The van der Waals surface area contributed by atoms with Crippen molar-refractivity contribution < 1.29 is 0 Å². The van der Waals surface area contributed by atoms with Crippen molar-refractivity contribution in [1.29, 1.82) is 0 Å². The molecule has 1 aliphatic carbocycles. The smallest absolute Gasteiger partial charge is 0.00101 e. The van der Waals surface area contributed by atoms with Crippen LogP contribution in [0.25, 0.3) is 0 Å². The molecular formula is C11H22N2. The van der Waals surface area contributed by atoms with E-state index in [1.165, 1.54) is 25.9 Å². The second-order valence-corrected chi connectivity index (χ2v) is 5.22. The monoisotopic (exact) mass is 182 g/mol. The second-order valence-electron chi connectivity index (χ2n) is 5.22. The molecule has 2 N–H and O–H groups in total. The van der Waals surface area contributed by atoms with Crippen LogP contribution in [0.1, 0.15) is 19.8 Å². The Labute approximate surface area is 81.5 Å². The Balaban J connectivity index is 2.09. The standard InChI is InChI=1S/C11H22N2/c1-8-3-9-6-13(2)7-10(4-8)11(9)5-12/h8-11H,3-7,12H2,1-2H3. The van der Waals surface area contributed by atoms with E-state index < -0.39 is 0 Å². The van der Waals surface area contributed by atoms with Crippen LogP contribution in [-0.2, 0) is 0 Å². The highest BCUT2D eigenvalue weighted by Gasteiger charge is 2.39. The minimum Gasteiger partial charge on any atom is -0.330 e. The van der Waals surface area contributed by atoms with Crippen LogP contribution < -0.4 is 5.73 Å². The first-order valence-corrected chi connectivity index (χ1v) is 5.59. The summed E-state index contributed by atoms with van der Waals surface area (Å²) in [7, 11) is 2.25. The summed E-state index contributed by atoms with van der Waals surface area (Å²) < 4.78 is 0. The van der Waals surface area contributed by atoms with Gasteiger partial charge in [0.25, 0.3) is 0 Å². The zero-order chi connectivity index (χ0) is 9.42. The van der Waals surface area contributed by atoms with E-state index in [1.54, 1.807) is 0 Å². The Bertz CT molecular complexity index is 151. The highest BCUT2D eigenvalue weighted by molar-refractivity contribution is 4.91. The van der Waals surface area contributed by atoms with Crippen LogP contribution in [0.5, 0.6) is 0 Å². The lowest BCUT2D eigenvalue weighted by Crippen LogP contribution is -2.50. The van der Waals surface area contributed by atoms with E-state index in [9.17, 15) is 0 Å². The Morgan fingerprint density at radius 1 is 1.23 bits per heavy atom. The molecule has 0 amide bonds. The summed E-state index contributed by atoms with van der Waals surface area (Å²) in [5, 5.41) is 0. The van der Waals surface area contributed by atoms with Crippen LogP contribution in [0.2, 0.25) is 0 Å². The fourth-order valence-corrected chi connectivity index (χ4v) is 3.54. The molecule has 1 saturated carbocycles. The number of hydrogen-bond donors (Lipinski definition) is 1. The molecule has 2 fully saturated rings. The van der Waals surface area contributed by atoms with Crippen LogP contribution in [-0.4, -0.2) is 31.6 Å². The minimum absolute atomic E-state index is 0.826. The molecule has 2 rings (SSSR count). The minimum atomic E-state index is 0.826. The number of hydrogen-bond acceptors (Lipinski definition) is 2. The van der Waals surface area contributed by atoms with Crippen LogP contribution in [0.3, 0.4) is 0 Å². The van der Waals surface area contributed by atoms with Gasteiger partial charge in [-0.1, -0.05) is 6.92 Å². The topological polar surface area (TPSA) is 29.3 Å². The highest BCUT2D eigenvalue weighted by Crippen LogP contribution is 2.41. The molecule has 2 unspecified atom stereocenters. The van der Waals surface area contributed by atoms with Crippen molar-refractivity contribution >= 4 is 0 Å². The predicted molar refractivity (Wildman–Crippen MR) is 55.4 cm³/mol. The van der Waals surface area contributed by atoms with Gasteiger partial charge >= 0.3 is 0 Å². The Morgan fingerprint density at radius 3 is 2.23 bits per heavy atom. The molecule has 0 spiro atoms. The third-order valence-corrected chi connectivity index (χ3v) is 3.99. The van der Waals surface area contributed by atoms with Crippen LogP contribution >= 0.6 is 0 Å². The Hall–Kier alpha value is -0.0800. The van der Waals surface area contributed by atoms with Gasteiger partial charge in [-0.3, -0.25) is 0 Å². The van der Waals surface area contributed by atoms with Crippen molar-refractivity contribution in [2.45, 2.75) is 19.8 Å². The molecule has 2 bridgehead atoms. The van der Waals surface area contributed by atoms with E-state index in [2.05, 4.69) is 18.9 Å². The fourth-order valence-electron chi connectivity index (χ4n) is 3.54. The molecule has 1 heterocycles. The summed E-state index contributed by atoms with van der Waals surface area (Å²) in [5.74, 6) is 3.54. The molecule has 2 atom stereocenters. The maximum atomic E-state index is 5.87. The number of piperidine rings is 1. The Kier molecular flexibility index (Phi) is 2.61. The molecule has 1 aliphatic heterocycles. The molecule has 0 aromatic carbocycles. The largest absolute Gasteiger partial charge is 0.330 e. The predicted octanol–water partition coefficient (Wildman–Crippen LogP) is 1.17. The van der Waals surface area contributed by atoms with E-state index in [4.69, 9.17) is 5.73 Å². The first-order valence-electron chi connectivity index (χ1n) is 5.59. The number of nitrogens with zero attached hydrogens (tertiary/aromatic N) is 1. The maximum Gasteiger partial charge on any atom is 0.00101 e. The van der Waals surface area contributed by atoms with Crippen molar-refractivity contribution in [1.82, 2.24) is 4.90 Å². The van der Waals surface area contributed by atoms with Gasteiger partial charge in [0, 0.05) is 13.1 Å². The van der Waals surface area contributed by atoms with Gasteiger partial charge in [0.2, 0.25) is 0 Å². The van der Waals surface area contributed by atoms with Crippen molar-refractivity contribution in [3.05, 3.63) is 0 Å². The van der Waals surface area contributed by atoms with Crippen molar-refractivity contribution in [2.75, 3.05) is 26.7 Å². The zero-order valence-electron chi connectivity index (χ0n) is 8.87. The summed E-state index contributed by atoms with van der Waals surface area (Å²) in [6.07, 6.45) is 2.81. The van der Waals surface area contributed by atoms with E-state index >= 15 is 0 Å². The summed E-state index contributed by atoms with van der Waals surface area (Å²) in [4.78, 5) is 2.49. The number of likely N-dealkylation sites (tertiary alicyclic amines) is 1. The van der Waals surface area contributed by atoms with Gasteiger partial charge in [-0.2, -0.15) is 0 Å². The van der Waals surface area contributed by atoms with Gasteiger partial charge in [-0.05, 0) is 50.1 Å². The van der Waals surface area contributed by atoms with Crippen molar-refractivity contribution in [3.8, 4) is 0 Å². The molecule has 1 saturated heterocycles. The van der Waals surface area contributed by atoms with E-state index in [0.717, 1.165) is 30.2 Å². The van der Waals surface area contributed by atoms with E-state index in [-0.39, 0.29) is 0 Å². The summed E-state index contributed by atoms with van der Waals surface area (Å²) in [5.41, 5.74) is 5.87. The van der Waals surface area contributed by atoms with Crippen LogP contribution in [0, 0.1) is 23.7 Å². The first-order chi connectivity index (χ1) is 6.20. The maximum absolute atomic E-state index is 5.87. The highest BCUT2D eigenvalue weighted by atomic mass is 15.1. The van der Waals surface area contributed by atoms with Crippen molar-refractivity contribution in [2.24, 2.45) is 29.4 Å². The van der Waals surface area contributed by atoms with Crippen LogP contribution in [0.4, 0.5) is 0 Å². The molecule has 0 aromatic heterocycles. The van der Waals surface area contributed by atoms with Gasteiger partial charge in [0.15, 0.2) is 0 Å². The van der Waals surface area contributed by atoms with Gasteiger partial charge < -0.3 is 10.6 Å². The molecule has 0 aromatic rings.